The van der Waals surface area contributed by atoms with Crippen molar-refractivity contribution in [3.05, 3.63) is 29.1 Å². The van der Waals surface area contributed by atoms with Gasteiger partial charge in [0.25, 0.3) is 5.91 Å². The molecule has 1 aromatic carbocycles. The number of halogens is 1. The fourth-order valence-corrected chi connectivity index (χ4v) is 4.27. The number of amides is 1. The summed E-state index contributed by atoms with van der Waals surface area (Å²) in [5.74, 6) is -1.01. The maximum Gasteiger partial charge on any atom is 0.306 e. The Bertz CT molecular complexity index is 712. The lowest BCUT2D eigenvalue weighted by Gasteiger charge is -2.33. The van der Waals surface area contributed by atoms with Gasteiger partial charge in [0.1, 0.15) is 6.10 Å². The molecular formula is C21H28FNO4. The number of carbonyl (C=O) groups excluding carboxylic acids is 2. The predicted octanol–water partition coefficient (Wildman–Crippen LogP) is 4.03. The van der Waals surface area contributed by atoms with Gasteiger partial charge in [0.2, 0.25) is 0 Å². The Hall–Kier alpha value is -2.11. The van der Waals surface area contributed by atoms with Crippen LogP contribution in [0.2, 0.25) is 0 Å². The molecule has 5 nitrogen and oxygen atoms in total. The molecule has 1 fully saturated rings. The Labute approximate surface area is 159 Å². The van der Waals surface area contributed by atoms with Crippen molar-refractivity contribution in [3.63, 3.8) is 0 Å². The van der Waals surface area contributed by atoms with E-state index in [0.717, 1.165) is 32.1 Å². The molecule has 148 valence electrons. The van der Waals surface area contributed by atoms with Gasteiger partial charge in [-0.15, -0.1) is 0 Å². The van der Waals surface area contributed by atoms with E-state index in [-0.39, 0.29) is 23.5 Å². The van der Waals surface area contributed by atoms with Crippen LogP contribution < -0.4 is 0 Å². The summed E-state index contributed by atoms with van der Waals surface area (Å²) >= 11 is 0. The van der Waals surface area contributed by atoms with E-state index in [4.69, 9.17) is 4.74 Å². The number of phenolic OH excluding ortho intramolecular Hbond substituents is 1. The summed E-state index contributed by atoms with van der Waals surface area (Å²) < 4.78 is 19.6. The largest absolute Gasteiger partial charge is 0.505 e. The van der Waals surface area contributed by atoms with Crippen LogP contribution >= 0.6 is 0 Å². The first-order valence-electron chi connectivity index (χ1n) is 9.89. The number of nitrogens with zero attached hydrogens (tertiary/aromatic N) is 1. The number of fused-ring (bicyclic) bond motifs is 1. The van der Waals surface area contributed by atoms with Gasteiger partial charge >= 0.3 is 5.97 Å². The number of phenols is 1. The van der Waals surface area contributed by atoms with Gasteiger partial charge in [-0.1, -0.05) is 13.0 Å². The molecule has 2 aliphatic rings. The first-order chi connectivity index (χ1) is 12.9. The highest BCUT2D eigenvalue weighted by molar-refractivity contribution is 5.99. The summed E-state index contributed by atoms with van der Waals surface area (Å²) in [7, 11) is 0. The molecule has 1 N–H and O–H groups in total. The maximum absolute atomic E-state index is 14.1. The molecule has 1 amide bonds. The average molecular weight is 377 g/mol. The van der Waals surface area contributed by atoms with Crippen LogP contribution in [0.25, 0.3) is 0 Å². The Morgan fingerprint density at radius 3 is 2.70 bits per heavy atom. The van der Waals surface area contributed by atoms with E-state index in [9.17, 15) is 19.1 Å². The lowest BCUT2D eigenvalue weighted by Crippen LogP contribution is -2.34. The molecule has 0 radical (unpaired) electrons. The normalized spacial score (nSPS) is 23.2. The third-order valence-electron chi connectivity index (χ3n) is 5.88. The Kier molecular flexibility index (Phi) is 6.02. The number of aromatic hydroxyl groups is 1. The van der Waals surface area contributed by atoms with Crippen LogP contribution in [0.4, 0.5) is 4.39 Å². The fourth-order valence-electron chi connectivity index (χ4n) is 4.27. The van der Waals surface area contributed by atoms with Gasteiger partial charge in [-0.3, -0.25) is 9.59 Å². The van der Waals surface area contributed by atoms with Crippen LogP contribution in [0, 0.1) is 17.7 Å². The average Bonchev–Trinajstić information content (AvgIpc) is 2.95. The van der Waals surface area contributed by atoms with Gasteiger partial charge in [-0.05, 0) is 62.5 Å². The smallest absolute Gasteiger partial charge is 0.306 e. The van der Waals surface area contributed by atoms with E-state index in [1.807, 2.05) is 13.8 Å². The van der Waals surface area contributed by atoms with E-state index in [2.05, 4.69) is 0 Å². The second-order valence-corrected chi connectivity index (χ2v) is 7.84. The minimum Gasteiger partial charge on any atom is -0.505 e. The third kappa shape index (κ3) is 4.25. The zero-order valence-corrected chi connectivity index (χ0v) is 16.0. The van der Waals surface area contributed by atoms with Crippen LogP contribution in [0.1, 0.15) is 68.3 Å². The van der Waals surface area contributed by atoms with Crippen LogP contribution in [-0.4, -0.2) is 34.5 Å². The van der Waals surface area contributed by atoms with Crippen molar-refractivity contribution in [3.8, 4) is 5.75 Å². The number of ether oxygens (including phenoxy) is 1. The van der Waals surface area contributed by atoms with E-state index in [1.54, 1.807) is 11.0 Å². The number of hydrogen-bond donors (Lipinski definition) is 1. The van der Waals surface area contributed by atoms with Crippen molar-refractivity contribution in [2.45, 2.75) is 65.0 Å². The Morgan fingerprint density at radius 2 is 2.04 bits per heavy atom. The zero-order chi connectivity index (χ0) is 19.6. The van der Waals surface area contributed by atoms with Crippen molar-refractivity contribution >= 4 is 11.9 Å². The number of carbonyl (C=O) groups is 2. The molecule has 1 saturated carbocycles. The van der Waals surface area contributed by atoms with Crippen molar-refractivity contribution in [2.24, 2.45) is 11.8 Å². The molecule has 0 spiro atoms. The summed E-state index contributed by atoms with van der Waals surface area (Å²) in [5, 5.41) is 9.50. The molecule has 0 saturated heterocycles. The lowest BCUT2D eigenvalue weighted by atomic mass is 9.79. The molecule has 27 heavy (non-hydrogen) atoms. The number of hydrogen-bond acceptors (Lipinski definition) is 4. The van der Waals surface area contributed by atoms with E-state index in [0.29, 0.717) is 36.9 Å². The predicted molar refractivity (Wildman–Crippen MR) is 98.7 cm³/mol. The topological polar surface area (TPSA) is 66.8 Å². The standard InChI is InChI=1S/C21H28FNO4/c1-3-4-18(25)27-13(2)15-7-5-14(6-8-15)11-23-12-16-9-10-17(24)20(22)19(16)21(23)26/h9-10,13-15,24H,3-8,11-12H2,1-2H3/t13-,14-,15-/m1/s1. The van der Waals surface area contributed by atoms with Gasteiger partial charge < -0.3 is 14.7 Å². The minimum absolute atomic E-state index is 0.0140. The summed E-state index contributed by atoms with van der Waals surface area (Å²) in [6, 6.07) is 2.92. The van der Waals surface area contributed by atoms with E-state index < -0.39 is 11.6 Å². The Balaban J connectivity index is 1.51. The Morgan fingerprint density at radius 1 is 1.33 bits per heavy atom. The first kappa shape index (κ1) is 19.6. The lowest BCUT2D eigenvalue weighted by molar-refractivity contribution is -0.151. The number of esters is 1. The van der Waals surface area contributed by atoms with Crippen LogP contribution in [0.15, 0.2) is 12.1 Å². The van der Waals surface area contributed by atoms with Gasteiger partial charge in [0.05, 0.1) is 5.56 Å². The highest BCUT2D eigenvalue weighted by atomic mass is 19.1. The second-order valence-electron chi connectivity index (χ2n) is 7.84. The molecule has 0 bridgehead atoms. The van der Waals surface area contributed by atoms with Crippen LogP contribution in [0.5, 0.6) is 5.75 Å². The molecule has 1 heterocycles. The van der Waals surface area contributed by atoms with Crippen molar-refractivity contribution in [1.82, 2.24) is 4.90 Å². The molecule has 3 rings (SSSR count). The van der Waals surface area contributed by atoms with Gasteiger partial charge in [-0.2, -0.15) is 0 Å². The summed E-state index contributed by atoms with van der Waals surface area (Å²) in [6.07, 6.45) is 5.05. The zero-order valence-electron chi connectivity index (χ0n) is 16.0. The van der Waals surface area contributed by atoms with E-state index in [1.165, 1.54) is 6.07 Å². The molecule has 0 aromatic heterocycles. The third-order valence-corrected chi connectivity index (χ3v) is 5.88. The monoisotopic (exact) mass is 377 g/mol. The van der Waals surface area contributed by atoms with Crippen molar-refractivity contribution in [2.75, 3.05) is 6.54 Å². The minimum atomic E-state index is -0.813. The SMILES string of the molecule is CCCC(=O)O[C@H](C)[C@H]1CC[C@H](CN2Cc3ccc(O)c(F)c3C2=O)CC1. The number of rotatable bonds is 6. The maximum atomic E-state index is 14.1. The molecule has 1 aliphatic heterocycles. The van der Waals surface area contributed by atoms with Gasteiger partial charge in [0, 0.05) is 19.5 Å². The molecular weight excluding hydrogens is 349 g/mol. The van der Waals surface area contributed by atoms with Crippen LogP contribution in [-0.2, 0) is 16.1 Å². The highest BCUT2D eigenvalue weighted by Crippen LogP contribution is 2.35. The molecule has 6 heteroatoms. The second kappa shape index (κ2) is 8.28. The van der Waals surface area contributed by atoms with Crippen molar-refractivity contribution in [1.29, 1.82) is 0 Å². The van der Waals surface area contributed by atoms with Crippen LogP contribution in [0.3, 0.4) is 0 Å². The van der Waals surface area contributed by atoms with Gasteiger partial charge in [-0.25, -0.2) is 4.39 Å². The summed E-state index contributed by atoms with van der Waals surface area (Å²) in [4.78, 5) is 25.9. The van der Waals surface area contributed by atoms with E-state index >= 15 is 0 Å². The molecule has 0 unspecified atom stereocenters. The van der Waals surface area contributed by atoms with Gasteiger partial charge in [0.15, 0.2) is 11.6 Å². The molecule has 1 aromatic rings. The molecule has 1 atom stereocenters. The molecule has 1 aliphatic carbocycles. The number of benzene rings is 1. The highest BCUT2D eigenvalue weighted by Gasteiger charge is 2.34. The quantitative estimate of drug-likeness (QED) is 0.760. The fraction of sp³-hybridized carbons (Fsp3) is 0.619. The summed E-state index contributed by atoms with van der Waals surface area (Å²) in [5.41, 5.74) is 0.653. The summed E-state index contributed by atoms with van der Waals surface area (Å²) in [6.45, 7) is 4.93. The first-order valence-corrected chi connectivity index (χ1v) is 9.89. The van der Waals surface area contributed by atoms with Crippen molar-refractivity contribution < 1.29 is 23.8 Å².